The molecular weight excluding hydrogens is 330 g/mol. The summed E-state index contributed by atoms with van der Waals surface area (Å²) in [6, 6.07) is 11.3. The van der Waals surface area contributed by atoms with Crippen LogP contribution in [0.4, 0.5) is 0 Å². The summed E-state index contributed by atoms with van der Waals surface area (Å²) in [4.78, 5) is 22.8. The van der Waals surface area contributed by atoms with Gasteiger partial charge in [0, 0.05) is 31.9 Å². The van der Waals surface area contributed by atoms with Crippen molar-refractivity contribution in [3.63, 3.8) is 0 Å². The van der Waals surface area contributed by atoms with Gasteiger partial charge in [-0.3, -0.25) is 14.8 Å². The second-order valence-corrected chi connectivity index (χ2v) is 6.96. The number of nitrogens with zero attached hydrogens (tertiary/aromatic N) is 3. The standard InChI is InChI=1S/C20H23N3O3/c24-19(18-6-2-4-10-22-18)23-11-7-20(8-12-23)13-17(15-26-20)25-14-16-5-1-3-9-21-16/h1-6,9-10,17H,7-8,11-15H2/t17-/m1/s1. The van der Waals surface area contributed by atoms with Crippen LogP contribution in [-0.2, 0) is 16.1 Å². The minimum Gasteiger partial charge on any atom is -0.372 e. The number of pyridine rings is 2. The van der Waals surface area contributed by atoms with Gasteiger partial charge in [-0.15, -0.1) is 0 Å². The molecule has 6 heteroatoms. The monoisotopic (exact) mass is 353 g/mol. The van der Waals surface area contributed by atoms with Gasteiger partial charge in [0.25, 0.3) is 5.91 Å². The van der Waals surface area contributed by atoms with Crippen LogP contribution in [0.3, 0.4) is 0 Å². The molecule has 1 atom stereocenters. The molecule has 0 saturated carbocycles. The average molecular weight is 353 g/mol. The Bertz CT molecular complexity index is 730. The summed E-state index contributed by atoms with van der Waals surface area (Å²) < 4.78 is 12.1. The minimum atomic E-state index is -0.157. The first-order valence-electron chi connectivity index (χ1n) is 9.10. The summed E-state index contributed by atoms with van der Waals surface area (Å²) in [5, 5.41) is 0. The highest BCUT2D eigenvalue weighted by Gasteiger charge is 2.44. The van der Waals surface area contributed by atoms with Gasteiger partial charge in [-0.05, 0) is 37.1 Å². The lowest BCUT2D eigenvalue weighted by Gasteiger charge is -2.38. The Labute approximate surface area is 153 Å². The van der Waals surface area contributed by atoms with Crippen LogP contribution in [0.2, 0.25) is 0 Å². The summed E-state index contributed by atoms with van der Waals surface area (Å²) >= 11 is 0. The van der Waals surface area contributed by atoms with Gasteiger partial charge in [0.1, 0.15) is 5.69 Å². The van der Waals surface area contributed by atoms with Gasteiger partial charge in [-0.2, -0.15) is 0 Å². The highest BCUT2D eigenvalue weighted by Crippen LogP contribution is 2.37. The Morgan fingerprint density at radius 2 is 1.92 bits per heavy atom. The molecule has 26 heavy (non-hydrogen) atoms. The maximum atomic E-state index is 12.5. The second kappa shape index (κ2) is 7.51. The molecule has 136 valence electrons. The Morgan fingerprint density at radius 3 is 2.62 bits per heavy atom. The fraction of sp³-hybridized carbons (Fsp3) is 0.450. The zero-order valence-corrected chi connectivity index (χ0v) is 14.7. The fourth-order valence-corrected chi connectivity index (χ4v) is 3.71. The summed E-state index contributed by atoms with van der Waals surface area (Å²) in [5.74, 6) is 0.00130. The number of carbonyl (C=O) groups is 1. The van der Waals surface area contributed by atoms with Crippen molar-refractivity contribution in [2.24, 2.45) is 0 Å². The molecule has 2 fully saturated rings. The van der Waals surface area contributed by atoms with E-state index in [0.717, 1.165) is 25.0 Å². The van der Waals surface area contributed by atoms with Crippen molar-refractivity contribution >= 4 is 5.91 Å². The van der Waals surface area contributed by atoms with Gasteiger partial charge in [0.15, 0.2) is 0 Å². The number of piperidine rings is 1. The normalized spacial score (nSPS) is 21.8. The molecule has 0 aliphatic carbocycles. The molecule has 2 aliphatic rings. The van der Waals surface area contributed by atoms with Gasteiger partial charge < -0.3 is 14.4 Å². The molecule has 2 aromatic rings. The number of likely N-dealkylation sites (tertiary alicyclic amines) is 1. The second-order valence-electron chi connectivity index (χ2n) is 6.96. The molecule has 1 amide bonds. The lowest BCUT2D eigenvalue weighted by molar-refractivity contribution is -0.0413. The van der Waals surface area contributed by atoms with Crippen LogP contribution in [-0.4, -0.2) is 52.2 Å². The highest BCUT2D eigenvalue weighted by atomic mass is 16.6. The first-order chi connectivity index (χ1) is 12.7. The molecule has 6 nitrogen and oxygen atoms in total. The van der Waals surface area contributed by atoms with Crippen LogP contribution in [0.1, 0.15) is 35.4 Å². The van der Waals surface area contributed by atoms with E-state index in [1.807, 2.05) is 35.2 Å². The van der Waals surface area contributed by atoms with E-state index in [1.54, 1.807) is 18.5 Å². The predicted octanol–water partition coefficient (Wildman–Crippen LogP) is 2.46. The molecule has 2 aromatic heterocycles. The van der Waals surface area contributed by atoms with E-state index in [4.69, 9.17) is 9.47 Å². The van der Waals surface area contributed by atoms with Crippen molar-refractivity contribution in [1.82, 2.24) is 14.9 Å². The molecule has 2 aliphatic heterocycles. The van der Waals surface area contributed by atoms with Crippen LogP contribution in [0.25, 0.3) is 0 Å². The van der Waals surface area contributed by atoms with Crippen LogP contribution in [0, 0.1) is 0 Å². The number of hydrogen-bond donors (Lipinski definition) is 0. The zero-order chi connectivity index (χ0) is 17.8. The first-order valence-corrected chi connectivity index (χ1v) is 9.10. The van der Waals surface area contributed by atoms with Crippen LogP contribution < -0.4 is 0 Å². The Balaban J connectivity index is 1.28. The maximum absolute atomic E-state index is 12.5. The van der Waals surface area contributed by atoms with Gasteiger partial charge in [0.2, 0.25) is 0 Å². The molecule has 0 unspecified atom stereocenters. The number of rotatable bonds is 4. The predicted molar refractivity (Wildman–Crippen MR) is 95.5 cm³/mol. The molecular formula is C20H23N3O3. The molecule has 0 bridgehead atoms. The third-order valence-corrected chi connectivity index (χ3v) is 5.21. The van der Waals surface area contributed by atoms with E-state index < -0.39 is 0 Å². The van der Waals surface area contributed by atoms with Crippen molar-refractivity contribution < 1.29 is 14.3 Å². The van der Waals surface area contributed by atoms with Gasteiger partial charge in [0.05, 0.1) is 30.6 Å². The fourth-order valence-electron chi connectivity index (χ4n) is 3.71. The van der Waals surface area contributed by atoms with Gasteiger partial charge in [-0.25, -0.2) is 0 Å². The van der Waals surface area contributed by atoms with Crippen molar-refractivity contribution in [3.8, 4) is 0 Å². The van der Waals surface area contributed by atoms with Crippen molar-refractivity contribution in [2.45, 2.75) is 37.6 Å². The molecule has 0 N–H and O–H groups in total. The number of aromatic nitrogens is 2. The Hall–Kier alpha value is -2.31. The van der Waals surface area contributed by atoms with E-state index >= 15 is 0 Å². The van der Waals surface area contributed by atoms with E-state index in [-0.39, 0.29) is 17.6 Å². The van der Waals surface area contributed by atoms with Crippen LogP contribution in [0.15, 0.2) is 48.8 Å². The van der Waals surface area contributed by atoms with Crippen molar-refractivity contribution in [3.05, 3.63) is 60.2 Å². The summed E-state index contributed by atoms with van der Waals surface area (Å²) in [6.07, 6.45) is 6.09. The number of carbonyl (C=O) groups excluding carboxylic acids is 1. The number of hydrogen-bond acceptors (Lipinski definition) is 5. The van der Waals surface area contributed by atoms with Crippen molar-refractivity contribution in [1.29, 1.82) is 0 Å². The summed E-state index contributed by atoms with van der Waals surface area (Å²) in [6.45, 7) is 2.51. The minimum absolute atomic E-state index is 0.00130. The summed E-state index contributed by atoms with van der Waals surface area (Å²) in [7, 11) is 0. The maximum Gasteiger partial charge on any atom is 0.272 e. The third-order valence-electron chi connectivity index (χ3n) is 5.21. The lowest BCUT2D eigenvalue weighted by atomic mass is 9.88. The molecule has 0 radical (unpaired) electrons. The molecule has 4 rings (SSSR count). The topological polar surface area (TPSA) is 64.6 Å². The summed E-state index contributed by atoms with van der Waals surface area (Å²) in [5.41, 5.74) is 1.28. The Kier molecular flexibility index (Phi) is 4.95. The molecule has 1 spiro atoms. The van der Waals surface area contributed by atoms with E-state index in [9.17, 15) is 4.79 Å². The lowest BCUT2D eigenvalue weighted by Crippen LogP contribution is -2.46. The first kappa shape index (κ1) is 17.1. The van der Waals surface area contributed by atoms with E-state index in [1.165, 1.54) is 0 Å². The van der Waals surface area contributed by atoms with E-state index in [2.05, 4.69) is 9.97 Å². The number of ether oxygens (including phenoxy) is 2. The highest BCUT2D eigenvalue weighted by molar-refractivity contribution is 5.92. The third kappa shape index (κ3) is 3.76. The molecule has 0 aromatic carbocycles. The Morgan fingerprint density at radius 1 is 1.15 bits per heavy atom. The number of amides is 1. The smallest absolute Gasteiger partial charge is 0.272 e. The average Bonchev–Trinajstić information content (AvgIpc) is 3.10. The molecule has 2 saturated heterocycles. The van der Waals surface area contributed by atoms with Gasteiger partial charge >= 0.3 is 0 Å². The quantitative estimate of drug-likeness (QED) is 0.845. The van der Waals surface area contributed by atoms with Crippen LogP contribution >= 0.6 is 0 Å². The van der Waals surface area contributed by atoms with Crippen LogP contribution in [0.5, 0.6) is 0 Å². The molecule has 4 heterocycles. The largest absolute Gasteiger partial charge is 0.372 e. The van der Waals surface area contributed by atoms with E-state index in [0.29, 0.717) is 32.0 Å². The van der Waals surface area contributed by atoms with Crippen molar-refractivity contribution in [2.75, 3.05) is 19.7 Å². The zero-order valence-electron chi connectivity index (χ0n) is 14.7. The SMILES string of the molecule is O=C(c1ccccn1)N1CCC2(CC1)C[C@@H](OCc1ccccn1)CO2. The van der Waals surface area contributed by atoms with Gasteiger partial charge in [-0.1, -0.05) is 12.1 Å².